The summed E-state index contributed by atoms with van der Waals surface area (Å²) in [5.41, 5.74) is 1.02. The van der Waals surface area contributed by atoms with Crippen molar-refractivity contribution in [2.45, 2.75) is 45.7 Å². The van der Waals surface area contributed by atoms with Gasteiger partial charge in [-0.15, -0.1) is 11.3 Å². The van der Waals surface area contributed by atoms with Crippen LogP contribution in [-0.2, 0) is 19.5 Å². The van der Waals surface area contributed by atoms with Gasteiger partial charge in [0.05, 0.1) is 10.3 Å². The van der Waals surface area contributed by atoms with Crippen molar-refractivity contribution in [3.05, 3.63) is 62.3 Å². The third-order valence-electron chi connectivity index (χ3n) is 5.01. The van der Waals surface area contributed by atoms with E-state index in [1.807, 2.05) is 0 Å². The second kappa shape index (κ2) is 7.23. The predicted molar refractivity (Wildman–Crippen MR) is 104 cm³/mol. The van der Waals surface area contributed by atoms with Gasteiger partial charge in [-0.05, 0) is 31.4 Å². The minimum Gasteiger partial charge on any atom is -0.347 e. The van der Waals surface area contributed by atoms with Gasteiger partial charge in [0.2, 0.25) is 0 Å². The average molecular weight is 385 g/mol. The second-order valence-corrected chi connectivity index (χ2v) is 7.80. The van der Waals surface area contributed by atoms with E-state index in [0.29, 0.717) is 32.8 Å². The van der Waals surface area contributed by atoms with E-state index in [1.165, 1.54) is 17.4 Å². The summed E-state index contributed by atoms with van der Waals surface area (Å²) in [6.07, 6.45) is 3.88. The molecule has 1 N–H and O–H groups in total. The Morgan fingerprint density at radius 3 is 2.93 bits per heavy atom. The fraction of sp³-hybridized carbons (Fsp3) is 0.350. The number of carbonyl (C=O) groups excluding carboxylic acids is 1. The third-order valence-corrected chi connectivity index (χ3v) is 6.20. The number of aromatic nitrogens is 2. The van der Waals surface area contributed by atoms with Gasteiger partial charge in [-0.2, -0.15) is 0 Å². The Kier molecular flexibility index (Phi) is 4.78. The number of amides is 1. The normalized spacial score (nSPS) is 14.0. The highest BCUT2D eigenvalue weighted by Gasteiger charge is 2.22. The molecule has 0 radical (unpaired) electrons. The van der Waals surface area contributed by atoms with Crippen LogP contribution in [0.1, 0.15) is 45.9 Å². The number of halogens is 1. The van der Waals surface area contributed by atoms with Crippen molar-refractivity contribution < 1.29 is 9.18 Å². The molecule has 27 heavy (non-hydrogen) atoms. The maximum Gasteiger partial charge on any atom is 0.262 e. The average Bonchev–Trinajstić information content (AvgIpc) is 2.83. The van der Waals surface area contributed by atoms with Crippen molar-refractivity contribution in [2.75, 3.05) is 0 Å². The molecule has 1 aliphatic rings. The molecule has 1 aliphatic heterocycles. The summed E-state index contributed by atoms with van der Waals surface area (Å²) in [5.74, 6) is 0.150. The molecule has 5 nitrogen and oxygen atoms in total. The molecule has 0 atom stereocenters. The Morgan fingerprint density at radius 1 is 1.30 bits per heavy atom. The lowest BCUT2D eigenvalue weighted by atomic mass is 10.2. The summed E-state index contributed by atoms with van der Waals surface area (Å²) < 4.78 is 15.5. The van der Waals surface area contributed by atoms with Gasteiger partial charge in [-0.1, -0.05) is 24.6 Å². The lowest BCUT2D eigenvalue weighted by molar-refractivity contribution is 0.0954. The maximum atomic E-state index is 13.7. The Bertz CT molecular complexity index is 1090. The molecular weight excluding hydrogens is 365 g/mol. The molecular formula is C20H20FN3O2S. The standard InChI is InChI=1S/C20H20FN3O2S/c1-12-16-19(23-15-9-3-2-6-10-24(15)20(16)26)27-17(12)18(25)22-11-13-7-4-5-8-14(13)21/h4-5,7-8H,2-3,6,9-11H2,1H3,(H,22,25). The number of carbonyl (C=O) groups is 1. The molecule has 0 bridgehead atoms. The SMILES string of the molecule is Cc1c(C(=O)NCc2ccccc2F)sc2nc3n(c(=O)c12)CCCCC3. The summed E-state index contributed by atoms with van der Waals surface area (Å²) in [5, 5.41) is 3.28. The first-order chi connectivity index (χ1) is 13.1. The number of rotatable bonds is 3. The summed E-state index contributed by atoms with van der Waals surface area (Å²) in [4.78, 5) is 31.4. The topological polar surface area (TPSA) is 64.0 Å². The van der Waals surface area contributed by atoms with E-state index in [2.05, 4.69) is 10.3 Å². The quantitative estimate of drug-likeness (QED) is 0.750. The summed E-state index contributed by atoms with van der Waals surface area (Å²) >= 11 is 1.23. The molecule has 0 fully saturated rings. The minimum atomic E-state index is -0.352. The van der Waals surface area contributed by atoms with E-state index >= 15 is 0 Å². The highest BCUT2D eigenvalue weighted by molar-refractivity contribution is 7.20. The molecule has 0 saturated carbocycles. The van der Waals surface area contributed by atoms with Crippen molar-refractivity contribution >= 4 is 27.5 Å². The molecule has 1 amide bonds. The number of nitrogens with one attached hydrogen (secondary N) is 1. The van der Waals surface area contributed by atoms with Crippen LogP contribution in [0.25, 0.3) is 10.2 Å². The van der Waals surface area contributed by atoms with Crippen molar-refractivity contribution in [2.24, 2.45) is 0 Å². The van der Waals surface area contributed by atoms with Crippen LogP contribution in [0.4, 0.5) is 4.39 Å². The van der Waals surface area contributed by atoms with E-state index in [1.54, 1.807) is 29.7 Å². The van der Waals surface area contributed by atoms with E-state index in [9.17, 15) is 14.0 Å². The minimum absolute atomic E-state index is 0.0567. The molecule has 0 saturated heterocycles. The Balaban J connectivity index is 1.67. The van der Waals surface area contributed by atoms with Crippen molar-refractivity contribution in [1.82, 2.24) is 14.9 Å². The largest absolute Gasteiger partial charge is 0.347 e. The summed E-state index contributed by atoms with van der Waals surface area (Å²) in [6.45, 7) is 2.56. The fourth-order valence-corrected chi connectivity index (χ4v) is 4.63. The van der Waals surface area contributed by atoms with Crippen LogP contribution in [-0.4, -0.2) is 15.5 Å². The molecule has 7 heteroatoms. The van der Waals surface area contributed by atoms with Crippen LogP contribution in [0.3, 0.4) is 0 Å². The maximum absolute atomic E-state index is 13.7. The van der Waals surface area contributed by atoms with Crippen molar-refractivity contribution in [3.63, 3.8) is 0 Å². The van der Waals surface area contributed by atoms with Gasteiger partial charge in [0.25, 0.3) is 11.5 Å². The van der Waals surface area contributed by atoms with Gasteiger partial charge in [-0.25, -0.2) is 9.37 Å². The van der Waals surface area contributed by atoms with Crippen molar-refractivity contribution in [1.29, 1.82) is 0 Å². The van der Waals surface area contributed by atoms with Crippen LogP contribution >= 0.6 is 11.3 Å². The smallest absolute Gasteiger partial charge is 0.262 e. The van der Waals surface area contributed by atoms with Crippen LogP contribution in [0.2, 0.25) is 0 Å². The second-order valence-electron chi connectivity index (χ2n) is 6.81. The molecule has 140 valence electrons. The molecule has 2 aromatic heterocycles. The van der Waals surface area contributed by atoms with Gasteiger partial charge in [0, 0.05) is 25.1 Å². The Hall–Kier alpha value is -2.54. The van der Waals surface area contributed by atoms with Crippen molar-refractivity contribution in [3.8, 4) is 0 Å². The number of nitrogens with zero attached hydrogens (tertiary/aromatic N) is 2. The van der Waals surface area contributed by atoms with Crippen LogP contribution in [0, 0.1) is 12.7 Å². The first kappa shape index (κ1) is 17.9. The van der Waals surface area contributed by atoms with E-state index in [0.717, 1.165) is 31.5 Å². The van der Waals surface area contributed by atoms with Gasteiger partial charge in [0.15, 0.2) is 0 Å². The highest BCUT2D eigenvalue weighted by Crippen LogP contribution is 2.28. The van der Waals surface area contributed by atoms with E-state index in [-0.39, 0.29) is 23.8 Å². The number of thiophene rings is 1. The Labute approximate surface area is 159 Å². The zero-order valence-electron chi connectivity index (χ0n) is 15.0. The number of aryl methyl sites for hydroxylation is 2. The van der Waals surface area contributed by atoms with Gasteiger partial charge < -0.3 is 5.32 Å². The van der Waals surface area contributed by atoms with Crippen LogP contribution in [0.5, 0.6) is 0 Å². The molecule has 3 heterocycles. The van der Waals surface area contributed by atoms with Gasteiger partial charge in [-0.3, -0.25) is 14.2 Å². The van der Waals surface area contributed by atoms with Gasteiger partial charge in [0.1, 0.15) is 16.5 Å². The summed E-state index contributed by atoms with van der Waals surface area (Å²) in [6, 6.07) is 6.34. The molecule has 0 spiro atoms. The van der Waals surface area contributed by atoms with Crippen LogP contribution in [0.15, 0.2) is 29.1 Å². The lowest BCUT2D eigenvalue weighted by Crippen LogP contribution is -2.25. The summed E-state index contributed by atoms with van der Waals surface area (Å²) in [7, 11) is 0. The third kappa shape index (κ3) is 3.27. The lowest BCUT2D eigenvalue weighted by Gasteiger charge is -2.08. The molecule has 4 rings (SSSR count). The predicted octanol–water partition coefficient (Wildman–Crippen LogP) is 3.56. The Morgan fingerprint density at radius 2 is 2.11 bits per heavy atom. The number of hydrogen-bond acceptors (Lipinski definition) is 4. The van der Waals surface area contributed by atoms with E-state index < -0.39 is 0 Å². The van der Waals surface area contributed by atoms with E-state index in [4.69, 9.17) is 0 Å². The molecule has 3 aromatic rings. The highest BCUT2D eigenvalue weighted by atomic mass is 32.1. The molecule has 0 unspecified atom stereocenters. The number of fused-ring (bicyclic) bond motifs is 2. The number of benzene rings is 1. The monoisotopic (exact) mass is 385 g/mol. The molecule has 1 aromatic carbocycles. The molecule has 0 aliphatic carbocycles. The van der Waals surface area contributed by atoms with Gasteiger partial charge >= 0.3 is 0 Å². The fourth-order valence-electron chi connectivity index (χ4n) is 3.52. The van der Waals surface area contributed by atoms with Crippen LogP contribution < -0.4 is 10.9 Å². The first-order valence-corrected chi connectivity index (χ1v) is 9.92. The zero-order valence-corrected chi connectivity index (χ0v) is 15.9. The first-order valence-electron chi connectivity index (χ1n) is 9.10. The number of hydrogen-bond donors (Lipinski definition) is 1. The zero-order chi connectivity index (χ0) is 19.0.